The quantitative estimate of drug-likeness (QED) is 0.170. The first kappa shape index (κ1) is 35.3. The first-order valence-electron chi connectivity index (χ1n) is 18.4. The zero-order valence-electron chi connectivity index (χ0n) is 32.3. The van der Waals surface area contributed by atoms with Crippen molar-refractivity contribution in [3.05, 3.63) is 126 Å². The number of hydrogen-bond donors (Lipinski definition) is 0. The molecule has 0 aromatic heterocycles. The van der Waals surface area contributed by atoms with E-state index in [0.717, 1.165) is 0 Å². The predicted molar refractivity (Wildman–Crippen MR) is 213 cm³/mol. The Hall–Kier alpha value is -2.55. The molecule has 0 amide bonds. The van der Waals surface area contributed by atoms with Crippen LogP contribution in [-0.2, 0) is 17.1 Å². The molecule has 0 heterocycles. The van der Waals surface area contributed by atoms with Crippen molar-refractivity contribution in [1.82, 2.24) is 0 Å². The summed E-state index contributed by atoms with van der Waals surface area (Å²) >= 11 is -3.89. The molecule has 6 rings (SSSR count). The first-order chi connectivity index (χ1) is 22.6. The molecule has 0 aliphatic heterocycles. The molecule has 2 aliphatic rings. The minimum absolute atomic E-state index is 0.551. The fourth-order valence-corrected chi connectivity index (χ4v) is 66.7. The van der Waals surface area contributed by atoms with Crippen LogP contribution >= 0.6 is 0 Å². The van der Waals surface area contributed by atoms with Crippen molar-refractivity contribution >= 4 is 17.6 Å². The number of hydrogen-bond acceptors (Lipinski definition) is 0. The van der Waals surface area contributed by atoms with Crippen molar-refractivity contribution in [3.8, 4) is 22.3 Å². The van der Waals surface area contributed by atoms with Gasteiger partial charge in [0.25, 0.3) is 0 Å². The van der Waals surface area contributed by atoms with Crippen LogP contribution in [0.1, 0.15) is 99.1 Å². The molecule has 4 aromatic rings. The van der Waals surface area contributed by atoms with Gasteiger partial charge >= 0.3 is 295 Å². The van der Waals surface area contributed by atoms with E-state index >= 15 is 0 Å². The van der Waals surface area contributed by atoms with Gasteiger partial charge in [0.05, 0.1) is 0 Å². The standard InChI is InChI=1S/2C20H21.C4H10Si.2CH3.Hf/c2*1-12-13(2)15(4)20(16(5)14(12)3)19-11-7-9-17-8-6-10-18(17)19;1-3-5-4-2;;;/h2*6-11H,1-5H3;3-4H2,1-2H3;2*1H3;. The molecule has 48 heavy (non-hydrogen) atoms. The maximum atomic E-state index is 2.90. The summed E-state index contributed by atoms with van der Waals surface area (Å²) in [6.07, 6.45) is 10.5. The molecule has 0 spiro atoms. The van der Waals surface area contributed by atoms with Gasteiger partial charge in [-0.15, -0.1) is 0 Å². The van der Waals surface area contributed by atoms with E-state index in [1.54, 1.807) is 11.1 Å². The van der Waals surface area contributed by atoms with Crippen molar-refractivity contribution in [3.63, 3.8) is 0 Å². The molecular formula is C46H58HfSi. The van der Waals surface area contributed by atoms with Crippen LogP contribution in [0.15, 0.2) is 48.6 Å². The molecule has 0 bridgehead atoms. The van der Waals surface area contributed by atoms with E-state index < -0.39 is 22.6 Å². The van der Waals surface area contributed by atoms with Crippen molar-refractivity contribution in [2.45, 2.75) is 112 Å². The molecule has 2 atom stereocenters. The summed E-state index contributed by atoms with van der Waals surface area (Å²) in [6.45, 7) is 28.3. The van der Waals surface area contributed by atoms with Crippen LogP contribution in [-0.4, -0.2) is 5.49 Å². The third kappa shape index (κ3) is 4.82. The van der Waals surface area contributed by atoms with E-state index in [0.29, 0.717) is 7.35 Å². The van der Waals surface area contributed by atoms with Gasteiger partial charge in [0, 0.05) is 0 Å². The summed E-state index contributed by atoms with van der Waals surface area (Å²) in [7, 11) is 0. The normalized spacial score (nSPS) is 16.9. The van der Waals surface area contributed by atoms with Crippen LogP contribution in [0.25, 0.3) is 34.4 Å². The second-order valence-electron chi connectivity index (χ2n) is 16.2. The van der Waals surface area contributed by atoms with Gasteiger partial charge < -0.3 is 0 Å². The molecular weight excluding hydrogens is 759 g/mol. The van der Waals surface area contributed by atoms with Crippen molar-refractivity contribution in [1.29, 1.82) is 0 Å². The Morgan fingerprint density at radius 1 is 0.479 bits per heavy atom. The maximum absolute atomic E-state index is 3.89. The molecule has 0 saturated heterocycles. The van der Waals surface area contributed by atoms with E-state index in [4.69, 9.17) is 0 Å². The summed E-state index contributed by atoms with van der Waals surface area (Å²) in [5.74, 6) is 0. The summed E-state index contributed by atoms with van der Waals surface area (Å²) in [4.78, 5) is 0. The molecule has 0 fully saturated rings. The molecule has 0 radical (unpaired) electrons. The Balaban J connectivity index is 1.59. The number of fused-ring (bicyclic) bond motifs is 2. The zero-order valence-corrected chi connectivity index (χ0v) is 36.9. The summed E-state index contributed by atoms with van der Waals surface area (Å²) in [5, 5.41) is 0. The second-order valence-corrected chi connectivity index (χ2v) is 62.6. The average molecular weight is 818 g/mol. The third-order valence-corrected chi connectivity index (χ3v) is 72.3. The van der Waals surface area contributed by atoms with E-state index in [1.807, 2.05) is 0 Å². The Bertz CT molecular complexity index is 1950. The predicted octanol–water partition coefficient (Wildman–Crippen LogP) is 13.8. The van der Waals surface area contributed by atoms with Gasteiger partial charge in [-0.2, -0.15) is 0 Å². The second kappa shape index (κ2) is 12.3. The fourth-order valence-electron chi connectivity index (χ4n) is 10.5. The zero-order chi connectivity index (χ0) is 35.1. The molecule has 250 valence electrons. The van der Waals surface area contributed by atoms with Gasteiger partial charge in [-0.25, -0.2) is 0 Å². The summed E-state index contributed by atoms with van der Waals surface area (Å²) in [6, 6.07) is 17.3. The van der Waals surface area contributed by atoms with Gasteiger partial charge in [0.1, 0.15) is 0 Å². The van der Waals surface area contributed by atoms with Crippen LogP contribution in [0.2, 0.25) is 21.4 Å². The van der Waals surface area contributed by atoms with E-state index in [1.165, 1.54) is 101 Å². The first-order valence-corrected chi connectivity index (χ1v) is 37.1. The molecule has 0 N–H and O–H groups in total. The third-order valence-electron chi connectivity index (χ3n) is 14.3. The average Bonchev–Trinajstić information content (AvgIpc) is 3.72. The van der Waals surface area contributed by atoms with E-state index in [9.17, 15) is 0 Å². The van der Waals surface area contributed by atoms with Gasteiger partial charge in [0.15, 0.2) is 0 Å². The summed E-state index contributed by atoms with van der Waals surface area (Å²) < 4.78 is 6.91. The SMILES string of the molecule is CC[Si](CC)=[Hf]([CH3])([CH3])([CH]1C=Cc2c(-c3c(C)c(C)c(C)c(C)c3C)cccc21)[CH]1C=Cc2c(-c3c(C)c(C)c(C)c(C)c3C)cccc21. The monoisotopic (exact) mass is 818 g/mol. The fraction of sp³-hybridized carbons (Fsp3) is 0.391. The van der Waals surface area contributed by atoms with Crippen molar-refractivity contribution in [2.24, 2.45) is 0 Å². The summed E-state index contributed by atoms with van der Waals surface area (Å²) in [5.41, 5.74) is 25.8. The van der Waals surface area contributed by atoms with Crippen molar-refractivity contribution < 1.29 is 17.1 Å². The number of rotatable bonds is 6. The van der Waals surface area contributed by atoms with E-state index in [-0.39, 0.29) is 0 Å². The Morgan fingerprint density at radius 2 is 0.792 bits per heavy atom. The Morgan fingerprint density at radius 3 is 1.10 bits per heavy atom. The minimum atomic E-state index is -3.89. The van der Waals surface area contributed by atoms with Crippen LogP contribution in [0.3, 0.4) is 0 Å². The molecule has 2 aliphatic carbocycles. The Kier molecular flexibility index (Phi) is 9.07. The molecule has 2 unspecified atom stereocenters. The van der Waals surface area contributed by atoms with Crippen LogP contribution < -0.4 is 0 Å². The van der Waals surface area contributed by atoms with Crippen LogP contribution in [0, 0.1) is 69.2 Å². The van der Waals surface area contributed by atoms with E-state index in [2.05, 4.69) is 153 Å². The van der Waals surface area contributed by atoms with Gasteiger partial charge in [-0.3, -0.25) is 0 Å². The molecule has 0 nitrogen and oxygen atoms in total. The number of benzene rings is 4. The van der Waals surface area contributed by atoms with Gasteiger partial charge in [-0.05, 0) is 0 Å². The topological polar surface area (TPSA) is 0 Å². The van der Waals surface area contributed by atoms with Gasteiger partial charge in [0.2, 0.25) is 0 Å². The van der Waals surface area contributed by atoms with Crippen molar-refractivity contribution in [2.75, 3.05) is 0 Å². The number of allylic oxidation sites excluding steroid dienone is 2. The van der Waals surface area contributed by atoms with Crippen LogP contribution in [0.4, 0.5) is 0 Å². The Labute approximate surface area is 293 Å². The molecule has 2 heteroatoms. The van der Waals surface area contributed by atoms with Gasteiger partial charge in [-0.1, -0.05) is 0 Å². The van der Waals surface area contributed by atoms with Crippen LogP contribution in [0.5, 0.6) is 0 Å². The molecule has 0 saturated carbocycles. The molecule has 4 aromatic carbocycles.